The molecule has 0 spiro atoms. The zero-order chi connectivity index (χ0) is 8.13. The number of fused-ring (bicyclic) bond motifs is 1. The molecule has 2 aliphatic carbocycles. The lowest BCUT2D eigenvalue weighted by Gasteiger charge is -1.97. The predicted octanol–water partition coefficient (Wildman–Crippen LogP) is 1.97. The van der Waals surface area contributed by atoms with Crippen molar-refractivity contribution in [2.24, 2.45) is 5.73 Å². The summed E-state index contributed by atoms with van der Waals surface area (Å²) in [5, 5.41) is 1.36. The van der Waals surface area contributed by atoms with Crippen LogP contribution in [-0.2, 0) is 6.42 Å². The maximum absolute atomic E-state index is 5.95. The molecule has 1 heterocycles. The van der Waals surface area contributed by atoms with E-state index in [1.165, 1.54) is 28.4 Å². The molecular weight excluding hydrogens is 168 g/mol. The third-order valence-electron chi connectivity index (χ3n) is 2.70. The van der Waals surface area contributed by atoms with Crippen molar-refractivity contribution in [1.82, 2.24) is 4.98 Å². The lowest BCUT2D eigenvalue weighted by atomic mass is 10.3. The van der Waals surface area contributed by atoms with Gasteiger partial charge in [-0.1, -0.05) is 0 Å². The molecule has 0 saturated heterocycles. The number of nitrogens with two attached hydrogens (primary N) is 1. The van der Waals surface area contributed by atoms with Crippen LogP contribution in [0.3, 0.4) is 0 Å². The van der Waals surface area contributed by atoms with Crippen LogP contribution in [0.5, 0.6) is 0 Å². The average Bonchev–Trinajstić information content (AvgIpc) is 2.73. The van der Waals surface area contributed by atoms with Gasteiger partial charge in [0, 0.05) is 16.8 Å². The van der Waals surface area contributed by atoms with Crippen LogP contribution in [0.1, 0.15) is 46.8 Å². The third kappa shape index (κ3) is 0.930. The first-order chi connectivity index (χ1) is 5.84. The van der Waals surface area contributed by atoms with E-state index in [1.807, 2.05) is 11.3 Å². The smallest absolute Gasteiger partial charge is 0.0962 e. The molecule has 1 atom stereocenters. The molecule has 1 aromatic heterocycles. The van der Waals surface area contributed by atoms with Crippen molar-refractivity contribution in [2.45, 2.75) is 37.6 Å². The fourth-order valence-electron chi connectivity index (χ4n) is 1.78. The highest BCUT2D eigenvalue weighted by atomic mass is 32.1. The van der Waals surface area contributed by atoms with Gasteiger partial charge in [0.25, 0.3) is 0 Å². The summed E-state index contributed by atoms with van der Waals surface area (Å²) in [7, 11) is 0. The summed E-state index contributed by atoms with van der Waals surface area (Å²) in [6, 6.07) is 0.296. The first kappa shape index (κ1) is 7.04. The SMILES string of the molecule is NC1CCc2nc(C3CC3)sc21. The summed E-state index contributed by atoms with van der Waals surface area (Å²) >= 11 is 1.86. The van der Waals surface area contributed by atoms with Gasteiger partial charge in [-0.05, 0) is 25.7 Å². The van der Waals surface area contributed by atoms with Crippen molar-refractivity contribution >= 4 is 11.3 Å². The normalized spacial score (nSPS) is 27.6. The average molecular weight is 180 g/mol. The Bertz CT molecular complexity index is 314. The van der Waals surface area contributed by atoms with Crippen molar-refractivity contribution in [3.05, 3.63) is 15.6 Å². The fraction of sp³-hybridized carbons (Fsp3) is 0.667. The second kappa shape index (κ2) is 2.30. The Hall–Kier alpha value is -0.410. The van der Waals surface area contributed by atoms with Gasteiger partial charge in [0.1, 0.15) is 0 Å². The maximum atomic E-state index is 5.95. The van der Waals surface area contributed by atoms with E-state index in [9.17, 15) is 0 Å². The van der Waals surface area contributed by atoms with Gasteiger partial charge in [-0.3, -0.25) is 0 Å². The van der Waals surface area contributed by atoms with Gasteiger partial charge in [-0.25, -0.2) is 4.98 Å². The summed E-state index contributed by atoms with van der Waals surface area (Å²) in [5.41, 5.74) is 7.25. The zero-order valence-corrected chi connectivity index (χ0v) is 7.73. The Morgan fingerprint density at radius 2 is 2.17 bits per heavy atom. The Morgan fingerprint density at radius 1 is 1.33 bits per heavy atom. The third-order valence-corrected chi connectivity index (χ3v) is 4.09. The molecule has 64 valence electrons. The van der Waals surface area contributed by atoms with Crippen LogP contribution in [-0.4, -0.2) is 4.98 Å². The predicted molar refractivity (Wildman–Crippen MR) is 49.3 cm³/mol. The van der Waals surface area contributed by atoms with E-state index < -0.39 is 0 Å². The molecular formula is C9H12N2S. The molecule has 2 N–H and O–H groups in total. The van der Waals surface area contributed by atoms with Gasteiger partial charge in [0.15, 0.2) is 0 Å². The first-order valence-electron chi connectivity index (χ1n) is 4.59. The summed E-state index contributed by atoms with van der Waals surface area (Å²) in [6.45, 7) is 0. The molecule has 2 aliphatic rings. The lowest BCUT2D eigenvalue weighted by molar-refractivity contribution is 0.718. The molecule has 2 nitrogen and oxygen atoms in total. The van der Waals surface area contributed by atoms with Crippen LogP contribution in [0.15, 0.2) is 0 Å². The number of aromatic nitrogens is 1. The molecule has 12 heavy (non-hydrogen) atoms. The summed E-state index contributed by atoms with van der Waals surface area (Å²) in [5.74, 6) is 0.799. The second-order valence-corrected chi connectivity index (χ2v) is 4.84. The van der Waals surface area contributed by atoms with Gasteiger partial charge in [0.05, 0.1) is 10.7 Å². The quantitative estimate of drug-likeness (QED) is 0.717. The Kier molecular flexibility index (Phi) is 1.35. The molecule has 0 amide bonds. The van der Waals surface area contributed by atoms with Crippen molar-refractivity contribution in [3.8, 4) is 0 Å². The maximum Gasteiger partial charge on any atom is 0.0962 e. The van der Waals surface area contributed by atoms with Gasteiger partial charge in [-0.15, -0.1) is 11.3 Å². The standard InChI is InChI=1S/C9H12N2S/c10-6-3-4-7-8(6)12-9(11-7)5-1-2-5/h5-6H,1-4,10H2. The van der Waals surface area contributed by atoms with Crippen LogP contribution < -0.4 is 5.73 Å². The Labute approximate surface area is 75.8 Å². The zero-order valence-electron chi connectivity index (χ0n) is 6.92. The number of thiazole rings is 1. The largest absolute Gasteiger partial charge is 0.323 e. The molecule has 0 aliphatic heterocycles. The molecule has 1 saturated carbocycles. The minimum absolute atomic E-state index is 0.296. The molecule has 1 unspecified atom stereocenters. The minimum atomic E-state index is 0.296. The van der Waals surface area contributed by atoms with Crippen LogP contribution >= 0.6 is 11.3 Å². The summed E-state index contributed by atoms with van der Waals surface area (Å²) in [4.78, 5) is 6.01. The number of rotatable bonds is 1. The van der Waals surface area contributed by atoms with Crippen LogP contribution in [0.4, 0.5) is 0 Å². The number of nitrogens with zero attached hydrogens (tertiary/aromatic N) is 1. The van der Waals surface area contributed by atoms with Crippen molar-refractivity contribution in [3.63, 3.8) is 0 Å². The van der Waals surface area contributed by atoms with E-state index >= 15 is 0 Å². The monoisotopic (exact) mass is 180 g/mol. The molecule has 0 radical (unpaired) electrons. The van der Waals surface area contributed by atoms with Crippen LogP contribution in [0.2, 0.25) is 0 Å². The van der Waals surface area contributed by atoms with E-state index in [1.54, 1.807) is 0 Å². The highest BCUT2D eigenvalue weighted by molar-refractivity contribution is 7.12. The van der Waals surface area contributed by atoms with E-state index in [0.717, 1.165) is 18.8 Å². The summed E-state index contributed by atoms with van der Waals surface area (Å²) < 4.78 is 0. The fourth-order valence-corrected chi connectivity index (χ4v) is 3.10. The highest BCUT2D eigenvalue weighted by Crippen LogP contribution is 2.45. The molecule has 1 fully saturated rings. The summed E-state index contributed by atoms with van der Waals surface area (Å²) in [6.07, 6.45) is 4.92. The van der Waals surface area contributed by atoms with E-state index in [2.05, 4.69) is 4.98 Å². The topological polar surface area (TPSA) is 38.9 Å². The van der Waals surface area contributed by atoms with Crippen LogP contribution in [0.25, 0.3) is 0 Å². The number of aryl methyl sites for hydroxylation is 1. The number of hydrogen-bond donors (Lipinski definition) is 1. The van der Waals surface area contributed by atoms with E-state index in [4.69, 9.17) is 5.73 Å². The molecule has 3 rings (SSSR count). The highest BCUT2D eigenvalue weighted by Gasteiger charge is 2.31. The van der Waals surface area contributed by atoms with E-state index in [-0.39, 0.29) is 0 Å². The van der Waals surface area contributed by atoms with Gasteiger partial charge < -0.3 is 5.73 Å². The molecule has 0 bridgehead atoms. The van der Waals surface area contributed by atoms with E-state index in [0.29, 0.717) is 6.04 Å². The first-order valence-corrected chi connectivity index (χ1v) is 5.41. The van der Waals surface area contributed by atoms with Gasteiger partial charge in [-0.2, -0.15) is 0 Å². The molecule has 0 aromatic carbocycles. The van der Waals surface area contributed by atoms with Gasteiger partial charge >= 0.3 is 0 Å². The molecule has 1 aromatic rings. The molecule has 3 heteroatoms. The van der Waals surface area contributed by atoms with Crippen molar-refractivity contribution in [1.29, 1.82) is 0 Å². The van der Waals surface area contributed by atoms with Crippen LogP contribution in [0, 0.1) is 0 Å². The second-order valence-electron chi connectivity index (χ2n) is 3.78. The number of hydrogen-bond acceptors (Lipinski definition) is 3. The lowest BCUT2D eigenvalue weighted by Crippen LogP contribution is -2.03. The van der Waals surface area contributed by atoms with Crippen molar-refractivity contribution in [2.75, 3.05) is 0 Å². The minimum Gasteiger partial charge on any atom is -0.323 e. The Morgan fingerprint density at radius 3 is 2.83 bits per heavy atom. The Balaban J connectivity index is 2.01. The van der Waals surface area contributed by atoms with Crippen molar-refractivity contribution < 1.29 is 0 Å². The van der Waals surface area contributed by atoms with Gasteiger partial charge in [0.2, 0.25) is 0 Å².